The van der Waals surface area contributed by atoms with Crippen LogP contribution < -0.4 is 14.9 Å². The second kappa shape index (κ2) is 10.4. The molecular formula is C26H24BrN3O4. The van der Waals surface area contributed by atoms with E-state index in [0.29, 0.717) is 17.3 Å². The fourth-order valence-electron chi connectivity index (χ4n) is 3.48. The van der Waals surface area contributed by atoms with Crippen LogP contribution in [0.3, 0.4) is 0 Å². The van der Waals surface area contributed by atoms with Gasteiger partial charge in [-0.2, -0.15) is 5.10 Å². The number of ether oxygens (including phenoxy) is 2. The molecule has 7 nitrogen and oxygen atoms in total. The Bertz CT molecular complexity index is 1300. The predicted octanol–water partition coefficient (Wildman–Crippen LogP) is 5.80. The second-order valence-corrected chi connectivity index (χ2v) is 8.45. The molecule has 0 saturated heterocycles. The van der Waals surface area contributed by atoms with Crippen LogP contribution in [0.1, 0.15) is 33.3 Å². The first kappa shape index (κ1) is 23.4. The van der Waals surface area contributed by atoms with Gasteiger partial charge in [0.25, 0.3) is 0 Å². The number of hydrazone groups is 1. The normalized spacial score (nSPS) is 11.1. The van der Waals surface area contributed by atoms with Gasteiger partial charge in [-0.3, -0.25) is 4.79 Å². The smallest absolute Gasteiger partial charge is 0.307 e. The number of rotatable bonds is 8. The Morgan fingerprint density at radius 2 is 1.79 bits per heavy atom. The number of aryl methyl sites for hydroxylation is 2. The Morgan fingerprint density at radius 3 is 2.47 bits per heavy atom. The third kappa shape index (κ3) is 5.40. The first-order chi connectivity index (χ1) is 16.4. The largest absolute Gasteiger partial charge is 0.496 e. The van der Waals surface area contributed by atoms with E-state index in [1.54, 1.807) is 19.2 Å². The highest BCUT2D eigenvalue weighted by Crippen LogP contribution is 2.25. The summed E-state index contributed by atoms with van der Waals surface area (Å²) in [6.45, 7) is 4.36. The number of nitrogens with one attached hydrogen (secondary N) is 1. The summed E-state index contributed by atoms with van der Waals surface area (Å²) in [6, 6.07) is 20.8. The Morgan fingerprint density at radius 1 is 1.06 bits per heavy atom. The molecule has 0 aliphatic carbocycles. The van der Waals surface area contributed by atoms with Gasteiger partial charge < -0.3 is 18.5 Å². The van der Waals surface area contributed by atoms with Crippen molar-refractivity contribution >= 4 is 28.1 Å². The van der Waals surface area contributed by atoms with E-state index in [1.807, 2.05) is 42.5 Å². The maximum atomic E-state index is 12.3. The Balaban J connectivity index is 1.31. The molecule has 174 valence electrons. The van der Waals surface area contributed by atoms with E-state index in [-0.39, 0.29) is 12.4 Å². The van der Waals surface area contributed by atoms with Crippen molar-refractivity contribution in [3.8, 4) is 17.2 Å². The van der Waals surface area contributed by atoms with E-state index in [9.17, 15) is 4.79 Å². The minimum absolute atomic E-state index is 0.153. The van der Waals surface area contributed by atoms with Crippen molar-refractivity contribution < 1.29 is 18.7 Å². The topological polar surface area (TPSA) is 78.0 Å². The molecule has 2 aromatic heterocycles. The van der Waals surface area contributed by atoms with Gasteiger partial charge in [0.1, 0.15) is 23.9 Å². The Kier molecular flexibility index (Phi) is 7.18. The van der Waals surface area contributed by atoms with Crippen LogP contribution in [-0.4, -0.2) is 23.8 Å². The number of halogens is 1. The standard InChI is InChI=1S/C26H24BrN3O4/c1-17-4-5-18(2)30(17)20-7-9-21(10-8-20)33-16-22-11-13-25(34-22)26(31)29-28-15-19-6-12-24(32-3)23(27)14-19/h4-15H,16H2,1-3H3,(H,29,31)/b28-15+. The number of carbonyl (C=O) groups is 1. The van der Waals surface area contributed by atoms with Gasteiger partial charge in [0, 0.05) is 17.1 Å². The average molecular weight is 522 g/mol. The molecule has 0 spiro atoms. The number of aromatic nitrogens is 1. The van der Waals surface area contributed by atoms with Crippen LogP contribution in [0.4, 0.5) is 0 Å². The number of hydrogen-bond acceptors (Lipinski definition) is 5. The number of methoxy groups -OCH3 is 1. The number of nitrogens with zero attached hydrogens (tertiary/aromatic N) is 2. The molecule has 0 aliphatic heterocycles. The lowest BCUT2D eigenvalue weighted by atomic mass is 10.2. The third-order valence-corrected chi connectivity index (χ3v) is 5.81. The van der Waals surface area contributed by atoms with E-state index in [1.165, 1.54) is 17.6 Å². The first-order valence-corrected chi connectivity index (χ1v) is 11.4. The fraction of sp³-hybridized carbons (Fsp3) is 0.154. The van der Waals surface area contributed by atoms with E-state index in [0.717, 1.165) is 15.7 Å². The van der Waals surface area contributed by atoms with Crippen molar-refractivity contribution in [1.29, 1.82) is 0 Å². The molecule has 34 heavy (non-hydrogen) atoms. The van der Waals surface area contributed by atoms with E-state index >= 15 is 0 Å². The quantitative estimate of drug-likeness (QED) is 0.234. The molecule has 0 fully saturated rings. The van der Waals surface area contributed by atoms with Crippen LogP contribution in [0.25, 0.3) is 5.69 Å². The van der Waals surface area contributed by atoms with Gasteiger partial charge in [0.2, 0.25) is 0 Å². The lowest BCUT2D eigenvalue weighted by Crippen LogP contribution is -2.16. The fourth-order valence-corrected chi connectivity index (χ4v) is 4.04. The minimum atomic E-state index is -0.447. The van der Waals surface area contributed by atoms with E-state index < -0.39 is 5.91 Å². The van der Waals surface area contributed by atoms with Gasteiger partial charge in [0.05, 0.1) is 17.8 Å². The Hall–Kier alpha value is -3.78. The number of carbonyl (C=O) groups excluding carboxylic acids is 1. The van der Waals surface area contributed by atoms with Gasteiger partial charge in [-0.25, -0.2) is 5.43 Å². The zero-order chi connectivity index (χ0) is 24.1. The summed E-state index contributed by atoms with van der Waals surface area (Å²) in [5, 5.41) is 3.98. The van der Waals surface area contributed by atoms with E-state index in [4.69, 9.17) is 13.9 Å². The monoisotopic (exact) mass is 521 g/mol. The molecule has 0 aliphatic rings. The average Bonchev–Trinajstić information content (AvgIpc) is 3.44. The molecule has 1 N–H and O–H groups in total. The van der Waals surface area contributed by atoms with Gasteiger partial charge >= 0.3 is 5.91 Å². The molecule has 8 heteroatoms. The second-order valence-electron chi connectivity index (χ2n) is 7.59. The Labute approximate surface area is 206 Å². The van der Waals surface area contributed by atoms with Crippen LogP contribution in [0.2, 0.25) is 0 Å². The van der Waals surface area contributed by atoms with Crippen molar-refractivity contribution in [2.45, 2.75) is 20.5 Å². The molecule has 4 aromatic rings. The van der Waals surface area contributed by atoms with Gasteiger partial charge in [0.15, 0.2) is 5.76 Å². The highest BCUT2D eigenvalue weighted by atomic mass is 79.9. The molecule has 0 radical (unpaired) electrons. The maximum absolute atomic E-state index is 12.3. The first-order valence-electron chi connectivity index (χ1n) is 10.6. The van der Waals surface area contributed by atoms with Crippen LogP contribution in [-0.2, 0) is 6.61 Å². The SMILES string of the molecule is COc1ccc(/C=N/NC(=O)c2ccc(COc3ccc(-n4c(C)ccc4C)cc3)o2)cc1Br. The number of hydrogen-bond donors (Lipinski definition) is 1. The minimum Gasteiger partial charge on any atom is -0.496 e. The van der Waals surface area contributed by atoms with Crippen LogP contribution in [0.5, 0.6) is 11.5 Å². The molecule has 0 bridgehead atoms. The summed E-state index contributed by atoms with van der Waals surface area (Å²) in [4.78, 5) is 12.3. The van der Waals surface area contributed by atoms with Gasteiger partial charge in [-0.1, -0.05) is 0 Å². The zero-order valence-corrected chi connectivity index (χ0v) is 20.6. The van der Waals surface area contributed by atoms with Crippen molar-refractivity contribution in [2.75, 3.05) is 7.11 Å². The molecule has 4 rings (SSSR count). The summed E-state index contributed by atoms with van der Waals surface area (Å²) < 4.78 is 19.6. The molecule has 0 atom stereocenters. The molecule has 2 aromatic carbocycles. The van der Waals surface area contributed by atoms with Crippen LogP contribution >= 0.6 is 15.9 Å². The lowest BCUT2D eigenvalue weighted by molar-refractivity contribution is 0.0923. The zero-order valence-electron chi connectivity index (χ0n) is 19.0. The molecule has 0 saturated carbocycles. The maximum Gasteiger partial charge on any atom is 0.307 e. The number of furan rings is 1. The molecule has 0 unspecified atom stereocenters. The third-order valence-electron chi connectivity index (χ3n) is 5.19. The highest BCUT2D eigenvalue weighted by Gasteiger charge is 2.11. The molecule has 1 amide bonds. The summed E-state index contributed by atoms with van der Waals surface area (Å²) in [5.41, 5.74) is 6.68. The highest BCUT2D eigenvalue weighted by molar-refractivity contribution is 9.10. The van der Waals surface area contributed by atoms with Gasteiger partial charge in [-0.15, -0.1) is 0 Å². The lowest BCUT2D eigenvalue weighted by Gasteiger charge is -2.10. The summed E-state index contributed by atoms with van der Waals surface area (Å²) in [6.07, 6.45) is 1.54. The van der Waals surface area contributed by atoms with Crippen molar-refractivity contribution in [3.63, 3.8) is 0 Å². The van der Waals surface area contributed by atoms with Gasteiger partial charge in [-0.05, 0) is 102 Å². The summed E-state index contributed by atoms with van der Waals surface area (Å²) in [5.74, 6) is 1.67. The van der Waals surface area contributed by atoms with Crippen molar-refractivity contribution in [3.05, 3.63) is 99.7 Å². The van der Waals surface area contributed by atoms with Crippen LogP contribution in [0, 0.1) is 13.8 Å². The summed E-state index contributed by atoms with van der Waals surface area (Å²) in [7, 11) is 1.60. The van der Waals surface area contributed by atoms with Crippen molar-refractivity contribution in [1.82, 2.24) is 9.99 Å². The molecule has 2 heterocycles. The molecular weight excluding hydrogens is 498 g/mol. The van der Waals surface area contributed by atoms with Crippen molar-refractivity contribution in [2.24, 2.45) is 5.10 Å². The number of benzene rings is 2. The predicted molar refractivity (Wildman–Crippen MR) is 134 cm³/mol. The summed E-state index contributed by atoms with van der Waals surface area (Å²) >= 11 is 3.42. The number of amides is 1. The van der Waals surface area contributed by atoms with E-state index in [2.05, 4.69) is 57.0 Å². The van der Waals surface area contributed by atoms with Crippen LogP contribution in [0.15, 0.2) is 80.7 Å².